The topological polar surface area (TPSA) is 72.3 Å². The molecule has 5 heteroatoms. The van der Waals surface area contributed by atoms with E-state index in [2.05, 4.69) is 16.7 Å². The number of amides is 1. The number of rotatable bonds is 3. The van der Waals surface area contributed by atoms with E-state index in [0.717, 1.165) is 38.0 Å². The Kier molecular flexibility index (Phi) is 4.97. The Labute approximate surface area is 117 Å². The zero-order valence-corrected chi connectivity index (χ0v) is 11.7. The molecule has 0 radical (unpaired) electrons. The van der Waals surface area contributed by atoms with Crippen LogP contribution in [-0.4, -0.2) is 30.4 Å². The van der Waals surface area contributed by atoms with Crippen LogP contribution in [0.4, 0.5) is 0 Å². The first-order chi connectivity index (χ1) is 9.20. The summed E-state index contributed by atoms with van der Waals surface area (Å²) in [5.74, 6) is 5.79. The molecule has 0 bridgehead atoms. The van der Waals surface area contributed by atoms with Gasteiger partial charge in [0.25, 0.3) is 0 Å². The van der Waals surface area contributed by atoms with Gasteiger partial charge in [-0.15, -0.1) is 11.3 Å². The highest BCUT2D eigenvalue weighted by Gasteiger charge is 2.24. The van der Waals surface area contributed by atoms with Crippen molar-refractivity contribution >= 4 is 17.2 Å². The SMILES string of the molecule is NCC#Cc1ccsc1CN1CCCC(C(N)=O)C1. The predicted molar refractivity (Wildman–Crippen MR) is 77.4 cm³/mol. The van der Waals surface area contributed by atoms with Crippen LogP contribution in [0.25, 0.3) is 0 Å². The van der Waals surface area contributed by atoms with Crippen molar-refractivity contribution in [1.82, 2.24) is 4.90 Å². The number of piperidine rings is 1. The lowest BCUT2D eigenvalue weighted by atomic mass is 9.97. The smallest absolute Gasteiger partial charge is 0.221 e. The summed E-state index contributed by atoms with van der Waals surface area (Å²) >= 11 is 1.70. The molecule has 1 fully saturated rings. The molecule has 1 aromatic rings. The van der Waals surface area contributed by atoms with Crippen molar-refractivity contribution < 1.29 is 4.79 Å². The molecule has 1 atom stereocenters. The van der Waals surface area contributed by atoms with Crippen molar-refractivity contribution in [2.45, 2.75) is 19.4 Å². The Bertz CT molecular complexity index is 500. The molecule has 0 spiro atoms. The maximum atomic E-state index is 11.3. The fraction of sp³-hybridized carbons (Fsp3) is 0.500. The molecule has 1 amide bonds. The van der Waals surface area contributed by atoms with E-state index in [0.29, 0.717) is 6.54 Å². The van der Waals surface area contributed by atoms with Crippen molar-refractivity contribution in [1.29, 1.82) is 0 Å². The van der Waals surface area contributed by atoms with Crippen LogP contribution < -0.4 is 11.5 Å². The second-order valence-corrected chi connectivity index (χ2v) is 5.74. The van der Waals surface area contributed by atoms with Gasteiger partial charge >= 0.3 is 0 Å². The number of hydrogen-bond donors (Lipinski definition) is 2. The maximum Gasteiger partial charge on any atom is 0.221 e. The van der Waals surface area contributed by atoms with E-state index in [-0.39, 0.29) is 11.8 Å². The third-order valence-corrected chi connectivity index (χ3v) is 4.25. The molecule has 102 valence electrons. The molecule has 1 aliphatic rings. The van der Waals surface area contributed by atoms with Gasteiger partial charge in [-0.1, -0.05) is 11.8 Å². The normalized spacial score (nSPS) is 19.7. The number of thiophene rings is 1. The molecule has 1 aromatic heterocycles. The summed E-state index contributed by atoms with van der Waals surface area (Å²) in [5, 5.41) is 2.05. The molecule has 0 aliphatic carbocycles. The van der Waals surface area contributed by atoms with Crippen molar-refractivity contribution in [3.8, 4) is 11.8 Å². The Morgan fingerprint density at radius 1 is 1.58 bits per heavy atom. The van der Waals surface area contributed by atoms with Crippen LogP contribution >= 0.6 is 11.3 Å². The predicted octanol–water partition coefficient (Wildman–Crippen LogP) is 0.756. The van der Waals surface area contributed by atoms with Crippen LogP contribution in [0.3, 0.4) is 0 Å². The van der Waals surface area contributed by atoms with Gasteiger partial charge < -0.3 is 11.5 Å². The summed E-state index contributed by atoms with van der Waals surface area (Å²) in [6, 6.07) is 2.03. The van der Waals surface area contributed by atoms with Gasteiger partial charge in [0, 0.05) is 23.5 Å². The van der Waals surface area contributed by atoms with E-state index in [9.17, 15) is 4.79 Å². The van der Waals surface area contributed by atoms with Gasteiger partial charge in [-0.05, 0) is 30.8 Å². The molecular weight excluding hydrogens is 258 g/mol. The highest BCUT2D eigenvalue weighted by molar-refractivity contribution is 7.10. The van der Waals surface area contributed by atoms with Gasteiger partial charge in [0.2, 0.25) is 5.91 Å². The van der Waals surface area contributed by atoms with Crippen molar-refractivity contribution in [2.24, 2.45) is 17.4 Å². The molecule has 2 rings (SSSR count). The Morgan fingerprint density at radius 2 is 2.42 bits per heavy atom. The van der Waals surface area contributed by atoms with E-state index in [1.54, 1.807) is 11.3 Å². The molecule has 1 aliphatic heterocycles. The number of likely N-dealkylation sites (tertiary alicyclic amines) is 1. The zero-order chi connectivity index (χ0) is 13.7. The number of carbonyl (C=O) groups excluding carboxylic acids is 1. The minimum atomic E-state index is -0.181. The average Bonchev–Trinajstić information content (AvgIpc) is 2.84. The second-order valence-electron chi connectivity index (χ2n) is 4.74. The fourth-order valence-corrected chi connectivity index (χ4v) is 3.23. The second kappa shape index (κ2) is 6.71. The zero-order valence-electron chi connectivity index (χ0n) is 10.9. The highest BCUT2D eigenvalue weighted by atomic mass is 32.1. The standard InChI is InChI=1S/C14H19N3OS/c15-6-1-3-11-5-8-19-13(11)10-17-7-2-4-12(9-17)14(16)18/h5,8,12H,2,4,6-7,9-10,15H2,(H2,16,18). The lowest BCUT2D eigenvalue weighted by Crippen LogP contribution is -2.40. The monoisotopic (exact) mass is 277 g/mol. The molecule has 0 aromatic carbocycles. The van der Waals surface area contributed by atoms with Crippen molar-refractivity contribution in [2.75, 3.05) is 19.6 Å². The highest BCUT2D eigenvalue weighted by Crippen LogP contribution is 2.22. The van der Waals surface area contributed by atoms with Gasteiger partial charge in [-0.2, -0.15) is 0 Å². The minimum Gasteiger partial charge on any atom is -0.369 e. The number of nitrogens with zero attached hydrogens (tertiary/aromatic N) is 1. The molecule has 1 unspecified atom stereocenters. The van der Waals surface area contributed by atoms with Gasteiger partial charge in [0.15, 0.2) is 0 Å². The summed E-state index contributed by atoms with van der Waals surface area (Å²) in [6.07, 6.45) is 1.94. The Balaban J connectivity index is 2.01. The summed E-state index contributed by atoms with van der Waals surface area (Å²) < 4.78 is 0. The molecule has 1 saturated heterocycles. The van der Waals surface area contributed by atoms with Crippen LogP contribution in [0.15, 0.2) is 11.4 Å². The molecular formula is C14H19N3OS. The van der Waals surface area contributed by atoms with Gasteiger partial charge in [-0.3, -0.25) is 9.69 Å². The van der Waals surface area contributed by atoms with E-state index in [1.165, 1.54) is 4.88 Å². The van der Waals surface area contributed by atoms with E-state index >= 15 is 0 Å². The first kappa shape index (κ1) is 14.1. The number of primary amides is 1. The molecule has 19 heavy (non-hydrogen) atoms. The first-order valence-electron chi connectivity index (χ1n) is 6.47. The Morgan fingerprint density at radius 3 is 3.16 bits per heavy atom. The van der Waals surface area contributed by atoms with E-state index in [4.69, 9.17) is 11.5 Å². The van der Waals surface area contributed by atoms with Crippen LogP contribution in [-0.2, 0) is 11.3 Å². The van der Waals surface area contributed by atoms with Gasteiger partial charge in [-0.25, -0.2) is 0 Å². The van der Waals surface area contributed by atoms with Crippen LogP contribution in [0.2, 0.25) is 0 Å². The molecule has 4 nitrogen and oxygen atoms in total. The summed E-state index contributed by atoms with van der Waals surface area (Å²) in [6.45, 7) is 3.00. The summed E-state index contributed by atoms with van der Waals surface area (Å²) in [4.78, 5) is 14.8. The lowest BCUT2D eigenvalue weighted by molar-refractivity contribution is -0.123. The fourth-order valence-electron chi connectivity index (χ4n) is 2.36. The molecule has 4 N–H and O–H groups in total. The number of hydrogen-bond acceptors (Lipinski definition) is 4. The quantitative estimate of drug-likeness (QED) is 0.801. The third kappa shape index (κ3) is 3.80. The van der Waals surface area contributed by atoms with Gasteiger partial charge in [0.05, 0.1) is 12.5 Å². The molecule has 0 saturated carbocycles. The van der Waals surface area contributed by atoms with Gasteiger partial charge in [0.1, 0.15) is 0 Å². The van der Waals surface area contributed by atoms with Crippen LogP contribution in [0, 0.1) is 17.8 Å². The number of carbonyl (C=O) groups is 1. The van der Waals surface area contributed by atoms with E-state index < -0.39 is 0 Å². The van der Waals surface area contributed by atoms with Crippen molar-refractivity contribution in [3.05, 3.63) is 21.9 Å². The Hall–Kier alpha value is -1.35. The minimum absolute atomic E-state index is 0.00714. The van der Waals surface area contributed by atoms with Crippen LogP contribution in [0.5, 0.6) is 0 Å². The lowest BCUT2D eigenvalue weighted by Gasteiger charge is -2.30. The molecule has 2 heterocycles. The summed E-state index contributed by atoms with van der Waals surface area (Å²) in [5.41, 5.74) is 11.9. The summed E-state index contributed by atoms with van der Waals surface area (Å²) in [7, 11) is 0. The largest absolute Gasteiger partial charge is 0.369 e. The average molecular weight is 277 g/mol. The maximum absolute atomic E-state index is 11.3. The first-order valence-corrected chi connectivity index (χ1v) is 7.35. The van der Waals surface area contributed by atoms with Crippen LogP contribution in [0.1, 0.15) is 23.3 Å². The van der Waals surface area contributed by atoms with Crippen molar-refractivity contribution in [3.63, 3.8) is 0 Å². The third-order valence-electron chi connectivity index (χ3n) is 3.35. The van der Waals surface area contributed by atoms with E-state index in [1.807, 2.05) is 11.4 Å². The number of nitrogens with two attached hydrogens (primary N) is 2.